The van der Waals surface area contributed by atoms with Gasteiger partial charge in [0.2, 0.25) is 0 Å². The van der Waals surface area contributed by atoms with E-state index in [-0.39, 0.29) is 10.7 Å². The first kappa shape index (κ1) is 10.9. The smallest absolute Gasteiger partial charge is 0.272 e. The molecule has 16 heavy (non-hydrogen) atoms. The fourth-order valence-corrected chi connectivity index (χ4v) is 2.00. The minimum Gasteiger partial charge on any atom is -0.691 e. The molecule has 0 unspecified atom stereocenters. The average Bonchev–Trinajstić information content (AvgIpc) is 2.78. The van der Waals surface area contributed by atoms with Crippen molar-refractivity contribution in [3.63, 3.8) is 0 Å². The van der Waals surface area contributed by atoms with Crippen molar-refractivity contribution in [2.75, 3.05) is 0 Å². The summed E-state index contributed by atoms with van der Waals surface area (Å²) in [5.74, 6) is 0.440. The molecule has 6 nitrogen and oxygen atoms in total. The highest BCUT2D eigenvalue weighted by atomic mass is 32.1. The van der Waals surface area contributed by atoms with Gasteiger partial charge >= 0.3 is 0 Å². The number of nitrogens with two attached hydrogens (primary N) is 1. The summed E-state index contributed by atoms with van der Waals surface area (Å²) in [6, 6.07) is 3.89. The molecule has 0 bridgehead atoms. The van der Waals surface area contributed by atoms with Gasteiger partial charge in [0.25, 0.3) is 5.84 Å². The maximum absolute atomic E-state index is 11.2. The maximum atomic E-state index is 11.2. The molecule has 0 saturated carbocycles. The third kappa shape index (κ3) is 2.15. The fraction of sp³-hybridized carbons (Fsp3) is 0.333. The number of hydrogen-bond donors (Lipinski definition) is 2. The summed E-state index contributed by atoms with van der Waals surface area (Å²) >= 11 is 1.59. The van der Waals surface area contributed by atoms with E-state index < -0.39 is 0 Å². The van der Waals surface area contributed by atoms with Crippen molar-refractivity contribution in [3.8, 4) is 0 Å². The van der Waals surface area contributed by atoms with Gasteiger partial charge < -0.3 is 5.21 Å². The van der Waals surface area contributed by atoms with Crippen LogP contribution in [0.1, 0.15) is 17.7 Å². The molecule has 0 aromatic carbocycles. The number of hydrazone groups is 1. The van der Waals surface area contributed by atoms with Crippen LogP contribution in [0.2, 0.25) is 0 Å². The summed E-state index contributed by atoms with van der Waals surface area (Å²) < 4.78 is 0. The monoisotopic (exact) mass is 240 g/mol. The predicted molar refractivity (Wildman–Crippen MR) is 61.1 cm³/mol. The van der Waals surface area contributed by atoms with Crippen molar-refractivity contribution in [2.24, 2.45) is 10.7 Å². The number of hydrazine groups is 1. The number of hydrogen-bond acceptors (Lipinski definition) is 5. The van der Waals surface area contributed by atoms with Gasteiger partial charge in [0.05, 0.1) is 13.0 Å². The summed E-state index contributed by atoms with van der Waals surface area (Å²) in [6.07, 6.45) is 0.899. The van der Waals surface area contributed by atoms with Gasteiger partial charge in [0.1, 0.15) is 0 Å². The molecule has 1 aliphatic heterocycles. The number of aliphatic imine (C=N–C) groups is 1. The number of amidine groups is 2. The highest BCUT2D eigenvalue weighted by Crippen LogP contribution is 2.12. The lowest BCUT2D eigenvalue weighted by Gasteiger charge is -2.25. The van der Waals surface area contributed by atoms with Crippen LogP contribution in [0, 0.1) is 5.21 Å². The molecule has 86 valence electrons. The van der Waals surface area contributed by atoms with E-state index in [1.54, 1.807) is 11.3 Å². The zero-order valence-electron chi connectivity index (χ0n) is 8.54. The van der Waals surface area contributed by atoms with E-state index in [1.807, 2.05) is 17.5 Å². The molecular formula is C9H12N4O2S. The topological polar surface area (TPSA) is 87.9 Å². The lowest BCUT2D eigenvalue weighted by Crippen LogP contribution is -2.45. The van der Waals surface area contributed by atoms with Gasteiger partial charge in [-0.15, -0.1) is 16.2 Å². The number of hydroxylamine groups is 1. The molecule has 0 aliphatic carbocycles. The Morgan fingerprint density at radius 1 is 1.62 bits per heavy atom. The van der Waals surface area contributed by atoms with Gasteiger partial charge in [-0.05, 0) is 11.4 Å². The Morgan fingerprint density at radius 3 is 3.12 bits per heavy atom. The number of nitrogens with zero attached hydrogens (tertiary/aromatic N) is 3. The number of rotatable bonds is 2. The van der Waals surface area contributed by atoms with E-state index >= 15 is 0 Å². The molecule has 2 heterocycles. The van der Waals surface area contributed by atoms with E-state index in [0.29, 0.717) is 30.4 Å². The zero-order chi connectivity index (χ0) is 11.5. The van der Waals surface area contributed by atoms with Crippen LogP contribution >= 0.6 is 11.3 Å². The van der Waals surface area contributed by atoms with Gasteiger partial charge in [0, 0.05) is 11.3 Å². The quantitative estimate of drug-likeness (QED) is 0.594. The minimum absolute atomic E-state index is 0.0950. The second-order valence-electron chi connectivity index (χ2n) is 3.37. The van der Waals surface area contributed by atoms with Gasteiger partial charge in [-0.3, -0.25) is 15.9 Å². The van der Waals surface area contributed by atoms with Crippen LogP contribution in [0.5, 0.6) is 0 Å². The SMILES string of the molecule is NC1=[N+]([O-])N(O)C(=NCc2cccs2)CC1. The second kappa shape index (κ2) is 4.50. The van der Waals surface area contributed by atoms with Crippen LogP contribution in [0.15, 0.2) is 22.5 Å². The highest BCUT2D eigenvalue weighted by Gasteiger charge is 2.22. The summed E-state index contributed by atoms with van der Waals surface area (Å²) in [6.45, 7) is 0.470. The summed E-state index contributed by atoms with van der Waals surface area (Å²) in [5.41, 5.74) is 5.40. The Bertz CT molecular complexity index is 427. The molecule has 1 aromatic rings. The molecule has 0 fully saturated rings. The van der Waals surface area contributed by atoms with Crippen molar-refractivity contribution in [2.45, 2.75) is 19.4 Å². The number of thiophene rings is 1. The Hall–Kier alpha value is -1.60. The minimum atomic E-state index is 0.0950. The molecule has 0 amide bonds. The fourth-order valence-electron chi connectivity index (χ4n) is 1.38. The molecule has 1 aromatic heterocycles. The largest absolute Gasteiger partial charge is 0.691 e. The van der Waals surface area contributed by atoms with Crippen LogP contribution < -0.4 is 5.73 Å². The van der Waals surface area contributed by atoms with Crippen molar-refractivity contribution < 1.29 is 10.1 Å². The molecule has 2 rings (SSSR count). The van der Waals surface area contributed by atoms with Crippen LogP contribution in [0.3, 0.4) is 0 Å². The van der Waals surface area contributed by atoms with Gasteiger partial charge in [0.15, 0.2) is 5.84 Å². The second-order valence-corrected chi connectivity index (χ2v) is 4.40. The molecule has 7 heteroatoms. The van der Waals surface area contributed by atoms with Gasteiger partial charge in [-0.2, -0.15) is 0 Å². The maximum Gasteiger partial charge on any atom is 0.272 e. The van der Waals surface area contributed by atoms with E-state index in [4.69, 9.17) is 5.73 Å². The molecule has 0 saturated heterocycles. The Kier molecular flexibility index (Phi) is 3.07. The van der Waals surface area contributed by atoms with Crippen LogP contribution in [0.4, 0.5) is 0 Å². The van der Waals surface area contributed by atoms with E-state index in [0.717, 1.165) is 4.88 Å². The van der Waals surface area contributed by atoms with E-state index in [9.17, 15) is 10.4 Å². The lowest BCUT2D eigenvalue weighted by atomic mass is 10.2. The first-order valence-electron chi connectivity index (χ1n) is 4.81. The van der Waals surface area contributed by atoms with Gasteiger partial charge in [-0.25, -0.2) is 0 Å². The van der Waals surface area contributed by atoms with Crippen LogP contribution in [-0.4, -0.2) is 26.9 Å². The third-order valence-corrected chi connectivity index (χ3v) is 3.11. The molecule has 0 radical (unpaired) electrons. The highest BCUT2D eigenvalue weighted by molar-refractivity contribution is 7.09. The molecule has 1 aliphatic rings. The van der Waals surface area contributed by atoms with Gasteiger partial charge in [-0.1, -0.05) is 11.2 Å². The Labute approximate surface area is 96.5 Å². The zero-order valence-corrected chi connectivity index (χ0v) is 9.35. The van der Waals surface area contributed by atoms with E-state index in [2.05, 4.69) is 4.99 Å². The first-order chi connectivity index (χ1) is 7.68. The first-order valence-corrected chi connectivity index (χ1v) is 5.69. The Morgan fingerprint density at radius 2 is 2.44 bits per heavy atom. The summed E-state index contributed by atoms with van der Waals surface area (Å²) in [7, 11) is 0. The average molecular weight is 240 g/mol. The third-order valence-electron chi connectivity index (χ3n) is 2.25. The predicted octanol–water partition coefficient (Wildman–Crippen LogP) is 0.914. The molecule has 3 N–H and O–H groups in total. The normalized spacial score (nSPS) is 19.6. The standard InChI is InChI=1S/C9H12N4O2S/c10-8-3-4-9(13(15)12(8)14)11-6-7-2-1-5-16-7/h1-2,5,15H,3-4,6,10H2. The van der Waals surface area contributed by atoms with Crippen LogP contribution in [0.25, 0.3) is 0 Å². The Balaban J connectivity index is 2.09. The van der Waals surface area contributed by atoms with Crippen molar-refractivity contribution in [3.05, 3.63) is 27.6 Å². The van der Waals surface area contributed by atoms with Crippen molar-refractivity contribution in [1.82, 2.24) is 5.17 Å². The summed E-state index contributed by atoms with van der Waals surface area (Å²) in [5, 5.41) is 23.1. The molecular weight excluding hydrogens is 228 g/mol. The van der Waals surface area contributed by atoms with Crippen molar-refractivity contribution >= 4 is 23.0 Å². The molecule has 0 atom stereocenters. The molecule has 0 spiro atoms. The van der Waals surface area contributed by atoms with Crippen molar-refractivity contribution in [1.29, 1.82) is 0 Å². The van der Waals surface area contributed by atoms with Crippen LogP contribution in [-0.2, 0) is 6.54 Å². The summed E-state index contributed by atoms with van der Waals surface area (Å²) in [4.78, 5) is 5.53. The van der Waals surface area contributed by atoms with E-state index in [1.165, 1.54) is 0 Å². The lowest BCUT2D eigenvalue weighted by molar-refractivity contribution is -0.687.